The molecule has 0 N–H and O–H groups in total. The van der Waals surface area contributed by atoms with E-state index in [1.54, 1.807) is 0 Å². The molecule has 4 aromatic rings. The van der Waals surface area contributed by atoms with E-state index in [0.717, 1.165) is 0 Å². The van der Waals surface area contributed by atoms with Crippen molar-refractivity contribution < 1.29 is 87.8 Å². The molecular weight excluding hydrogens is 947 g/mol. The van der Waals surface area contributed by atoms with Crippen molar-refractivity contribution in [2.24, 2.45) is 0 Å². The average Bonchev–Trinajstić information content (AvgIpc) is 3.28. The molecule has 366 valence electrons. The first kappa shape index (κ1) is 56.1. The highest BCUT2D eigenvalue weighted by molar-refractivity contribution is 7.20. The van der Waals surface area contributed by atoms with Crippen LogP contribution in [0.3, 0.4) is 0 Å². The molecule has 0 radical (unpaired) electrons. The topological polar surface area (TPSA) is 0 Å². The number of hydrogen-bond acceptors (Lipinski definition) is 0. The van der Waals surface area contributed by atoms with E-state index in [9.17, 15) is 52.7 Å². The van der Waals surface area contributed by atoms with Crippen molar-refractivity contribution in [1.82, 2.24) is 0 Å². The number of hydrogen-bond donors (Lipinski definition) is 0. The first-order chi connectivity index (χ1) is 31.0. The predicted molar refractivity (Wildman–Crippen MR) is 211 cm³/mol. The molecule has 0 amide bonds. The summed E-state index contributed by atoms with van der Waals surface area (Å²) in [5.74, 6) is -71.4. The van der Waals surface area contributed by atoms with E-state index in [2.05, 4.69) is 20.0 Å². The van der Waals surface area contributed by atoms with Crippen LogP contribution < -0.4 is 21.9 Å². The van der Waals surface area contributed by atoms with E-state index in [1.807, 2.05) is 0 Å². The first-order valence-electron chi connectivity index (χ1n) is 21.0. The maximum Gasteiger partial charge on any atom is 0.307 e. The highest BCUT2D eigenvalue weighted by atomic mass is 28.3. The first-order valence-corrected chi connectivity index (χ1v) is 23.7. The van der Waals surface area contributed by atoms with Gasteiger partial charge in [-0.15, -0.1) is 21.9 Å². The zero-order chi connectivity index (χ0) is 50.0. The standard InChI is InChI=1S/C24BF20.C20H43Si/c26-5-1(6(27)14(35)21(42)13(5)34)25(2-7(28)15(36)22(43)16(37)8(2)29,3-9(30)17(38)23(44)18(39)10(3)31)4-11(32)19(40)24(45)20(41)12(4)33;1-4-5-6-7-8-9-10-11-12-13-14-15-16-17-18-19-20-21(2)3/h;4-20H2,1-3H3/q-1;+1. The van der Waals surface area contributed by atoms with Crippen LogP contribution >= 0.6 is 0 Å². The molecule has 0 aromatic heterocycles. The predicted octanol–water partition coefficient (Wildman–Crippen LogP) is 13.8. The lowest BCUT2D eigenvalue weighted by molar-refractivity contribution is 0.378. The van der Waals surface area contributed by atoms with E-state index >= 15 is 35.1 Å². The molecule has 22 heteroatoms. The summed E-state index contributed by atoms with van der Waals surface area (Å²) < 4.78 is 294. The van der Waals surface area contributed by atoms with Crippen molar-refractivity contribution in [2.75, 3.05) is 0 Å². The molecule has 66 heavy (non-hydrogen) atoms. The Morgan fingerprint density at radius 2 is 0.394 bits per heavy atom. The van der Waals surface area contributed by atoms with Gasteiger partial charge in [-0.25, -0.2) is 87.8 Å². The second-order valence-corrected chi connectivity index (χ2v) is 19.0. The van der Waals surface area contributed by atoms with Crippen molar-refractivity contribution in [3.8, 4) is 0 Å². The maximum absolute atomic E-state index is 15.4. The summed E-state index contributed by atoms with van der Waals surface area (Å²) >= 11 is 0. The van der Waals surface area contributed by atoms with E-state index in [-0.39, 0.29) is 8.80 Å². The fourth-order valence-corrected chi connectivity index (χ4v) is 8.86. The van der Waals surface area contributed by atoms with Gasteiger partial charge in [-0.3, -0.25) is 0 Å². The van der Waals surface area contributed by atoms with Gasteiger partial charge in [0.15, 0.2) is 69.8 Å². The Hall–Kier alpha value is -4.24. The molecule has 0 nitrogen and oxygen atoms in total. The normalized spacial score (nSPS) is 11.7. The van der Waals surface area contributed by atoms with Crippen LogP contribution in [0, 0.1) is 116 Å². The second kappa shape index (κ2) is 24.7. The minimum absolute atomic E-state index is 0.0467. The van der Waals surface area contributed by atoms with Gasteiger partial charge in [0, 0.05) is 0 Å². The highest BCUT2D eigenvalue weighted by Gasteiger charge is 2.52. The summed E-state index contributed by atoms with van der Waals surface area (Å²) in [5, 5.41) is 0. The Bertz CT molecular complexity index is 1940. The summed E-state index contributed by atoms with van der Waals surface area (Å²) in [4.78, 5) is 0. The zero-order valence-corrected chi connectivity index (χ0v) is 36.7. The van der Waals surface area contributed by atoms with Crippen LogP contribution in [0.5, 0.6) is 0 Å². The highest BCUT2D eigenvalue weighted by Crippen LogP contribution is 2.31. The third-order valence-electron chi connectivity index (χ3n) is 11.2. The third-order valence-corrected chi connectivity index (χ3v) is 12.6. The second-order valence-electron chi connectivity index (χ2n) is 16.1. The van der Waals surface area contributed by atoms with Gasteiger partial charge in [0.25, 0.3) is 0 Å². The summed E-state index contributed by atoms with van der Waals surface area (Å²) in [6.45, 7) is 7.18. The molecule has 0 bridgehead atoms. The lowest BCUT2D eigenvalue weighted by Crippen LogP contribution is -2.81. The minimum atomic E-state index is -7.22. The Kier molecular flexibility index (Phi) is 21.0. The summed E-state index contributed by atoms with van der Waals surface area (Å²) in [6, 6.07) is 1.53. The molecule has 0 atom stereocenters. The SMILES string of the molecule is CCCCCCCCCCCCCCCCCC[Si+](C)C.Fc1c(F)c(F)c([B-](c2c(F)c(F)c(F)c(F)c2F)(c2c(F)c(F)c(F)c(F)c2F)c2c(F)c(F)c(F)c(F)c2F)c(F)c1F. The van der Waals surface area contributed by atoms with Crippen LogP contribution in [-0.4, -0.2) is 14.9 Å². The van der Waals surface area contributed by atoms with E-state index in [4.69, 9.17) is 0 Å². The molecular formula is C44H43BF20Si. The third kappa shape index (κ3) is 11.5. The van der Waals surface area contributed by atoms with Crippen molar-refractivity contribution in [1.29, 1.82) is 0 Å². The van der Waals surface area contributed by atoms with Crippen LogP contribution in [0.15, 0.2) is 0 Å². The van der Waals surface area contributed by atoms with Crippen LogP contribution in [0.1, 0.15) is 110 Å². The van der Waals surface area contributed by atoms with Crippen molar-refractivity contribution in [3.05, 3.63) is 116 Å². The summed E-state index contributed by atoms with van der Waals surface area (Å²) in [7, 11) is 0.0467. The quantitative estimate of drug-likeness (QED) is 0.0257. The molecule has 0 saturated heterocycles. The Labute approximate surface area is 369 Å². The molecule has 0 aliphatic carbocycles. The average molecular weight is 991 g/mol. The van der Waals surface area contributed by atoms with E-state index in [1.165, 1.54) is 109 Å². The molecule has 0 fully saturated rings. The Balaban J connectivity index is 0.000000464. The lowest BCUT2D eigenvalue weighted by Gasteiger charge is -2.44. The van der Waals surface area contributed by atoms with Crippen molar-refractivity contribution >= 4 is 36.8 Å². The smallest absolute Gasteiger partial charge is 0.207 e. The van der Waals surface area contributed by atoms with Gasteiger partial charge >= 0.3 is 8.80 Å². The molecule has 4 aromatic carbocycles. The van der Waals surface area contributed by atoms with Gasteiger partial charge in [-0.05, 0) is 6.42 Å². The molecule has 0 unspecified atom stereocenters. The molecule has 4 rings (SSSR count). The largest absolute Gasteiger partial charge is 0.307 e. The molecule has 0 aliphatic heterocycles. The van der Waals surface area contributed by atoms with Gasteiger partial charge in [0.05, 0.1) is 19.1 Å². The summed E-state index contributed by atoms with van der Waals surface area (Å²) in [6.07, 6.45) is 16.5. The number of benzene rings is 4. The van der Waals surface area contributed by atoms with Gasteiger partial charge in [0.2, 0.25) is 0 Å². The van der Waals surface area contributed by atoms with Crippen LogP contribution in [0.2, 0.25) is 19.1 Å². The fraction of sp³-hybridized carbons (Fsp3) is 0.455. The number of rotatable bonds is 21. The number of unbranched alkanes of at least 4 members (excludes halogenated alkanes) is 15. The molecule has 0 aliphatic rings. The van der Waals surface area contributed by atoms with Crippen LogP contribution in [0.25, 0.3) is 0 Å². The van der Waals surface area contributed by atoms with Gasteiger partial charge < -0.3 is 0 Å². The van der Waals surface area contributed by atoms with Gasteiger partial charge in [0.1, 0.15) is 52.7 Å². The zero-order valence-electron chi connectivity index (χ0n) is 35.7. The van der Waals surface area contributed by atoms with E-state index in [0.29, 0.717) is 0 Å². The number of halogens is 20. The summed E-state index contributed by atoms with van der Waals surface area (Å²) in [5.41, 5.74) is -14.3. The van der Waals surface area contributed by atoms with Gasteiger partial charge in [-0.2, -0.15) is 0 Å². The minimum Gasteiger partial charge on any atom is -0.207 e. The Morgan fingerprint density at radius 3 is 0.561 bits per heavy atom. The van der Waals surface area contributed by atoms with Crippen molar-refractivity contribution in [2.45, 2.75) is 129 Å². The van der Waals surface area contributed by atoms with Crippen LogP contribution in [0.4, 0.5) is 87.8 Å². The molecule has 0 saturated carbocycles. The lowest BCUT2D eigenvalue weighted by atomic mass is 9.12. The maximum atomic E-state index is 15.4. The fourth-order valence-electron chi connectivity index (χ4n) is 7.90. The van der Waals surface area contributed by atoms with Crippen molar-refractivity contribution in [3.63, 3.8) is 0 Å². The Morgan fingerprint density at radius 1 is 0.242 bits per heavy atom. The van der Waals surface area contributed by atoms with E-state index < -0.39 is 144 Å². The molecule has 0 heterocycles. The van der Waals surface area contributed by atoms with Gasteiger partial charge in [-0.1, -0.05) is 103 Å². The van der Waals surface area contributed by atoms with Crippen LogP contribution in [-0.2, 0) is 0 Å². The molecule has 0 spiro atoms. The monoisotopic (exact) mass is 990 g/mol.